The van der Waals surface area contributed by atoms with Gasteiger partial charge in [0.15, 0.2) is 0 Å². The van der Waals surface area contributed by atoms with Crippen LogP contribution in [0.25, 0.3) is 11.0 Å². The van der Waals surface area contributed by atoms with Gasteiger partial charge in [-0.05, 0) is 49.4 Å². The normalized spacial score (nSPS) is 13.3. The molecule has 0 saturated heterocycles. The Labute approximate surface area is 126 Å². The van der Waals surface area contributed by atoms with Crippen LogP contribution in [0.2, 0.25) is 5.02 Å². The Morgan fingerprint density at radius 3 is 2.70 bits per heavy atom. The third-order valence-electron chi connectivity index (χ3n) is 4.15. The monoisotopic (exact) mass is 293 g/mol. The molecule has 0 bridgehead atoms. The van der Waals surface area contributed by atoms with Gasteiger partial charge in [0.1, 0.15) is 5.82 Å². The number of nitrogens with zero attached hydrogens (tertiary/aromatic N) is 2. The second-order valence-corrected chi connectivity index (χ2v) is 6.28. The quantitative estimate of drug-likeness (QED) is 0.881. The molecule has 2 N–H and O–H groups in total. The first kappa shape index (κ1) is 15.3. The minimum Gasteiger partial charge on any atom is -0.331 e. The van der Waals surface area contributed by atoms with E-state index in [4.69, 9.17) is 22.3 Å². The van der Waals surface area contributed by atoms with Gasteiger partial charge in [-0.25, -0.2) is 4.98 Å². The molecule has 2 aromatic rings. The van der Waals surface area contributed by atoms with Crippen molar-refractivity contribution in [2.24, 2.45) is 24.6 Å². The summed E-state index contributed by atoms with van der Waals surface area (Å²) in [5.74, 6) is 2.47. The number of hydrogen-bond acceptors (Lipinski definition) is 2. The largest absolute Gasteiger partial charge is 0.331 e. The van der Waals surface area contributed by atoms with Crippen molar-refractivity contribution in [1.29, 1.82) is 0 Å². The van der Waals surface area contributed by atoms with E-state index in [1.807, 2.05) is 18.2 Å². The molecular formula is C16H24ClN3. The topological polar surface area (TPSA) is 43.8 Å². The van der Waals surface area contributed by atoms with Gasteiger partial charge in [0.25, 0.3) is 0 Å². The molecule has 0 aliphatic heterocycles. The van der Waals surface area contributed by atoms with Crippen LogP contribution >= 0.6 is 11.6 Å². The van der Waals surface area contributed by atoms with Crippen LogP contribution in [-0.2, 0) is 13.5 Å². The van der Waals surface area contributed by atoms with Crippen LogP contribution in [0, 0.1) is 11.8 Å². The number of benzene rings is 1. The summed E-state index contributed by atoms with van der Waals surface area (Å²) in [6, 6.07) is 5.86. The molecule has 4 heteroatoms. The van der Waals surface area contributed by atoms with Gasteiger partial charge in [0, 0.05) is 18.5 Å². The molecule has 2 rings (SSSR count). The molecule has 0 amide bonds. The maximum absolute atomic E-state index is 6.06. The Hall–Kier alpha value is -1.06. The van der Waals surface area contributed by atoms with Crippen LogP contribution < -0.4 is 5.73 Å². The van der Waals surface area contributed by atoms with E-state index in [0.717, 1.165) is 47.7 Å². The fraction of sp³-hybridized carbons (Fsp3) is 0.562. The van der Waals surface area contributed by atoms with Crippen molar-refractivity contribution in [2.45, 2.75) is 33.1 Å². The number of aromatic nitrogens is 2. The molecule has 0 aliphatic carbocycles. The van der Waals surface area contributed by atoms with Crippen molar-refractivity contribution in [1.82, 2.24) is 9.55 Å². The molecule has 1 aromatic carbocycles. The predicted octanol–water partition coefficient (Wildman–Crippen LogP) is 3.78. The molecule has 0 spiro atoms. The highest BCUT2D eigenvalue weighted by atomic mass is 35.5. The van der Waals surface area contributed by atoms with Gasteiger partial charge in [-0.2, -0.15) is 0 Å². The van der Waals surface area contributed by atoms with E-state index < -0.39 is 0 Å². The first-order chi connectivity index (χ1) is 9.52. The lowest BCUT2D eigenvalue weighted by Gasteiger charge is -2.19. The Kier molecular flexibility index (Phi) is 5.06. The van der Waals surface area contributed by atoms with Gasteiger partial charge in [-0.3, -0.25) is 0 Å². The smallest absolute Gasteiger partial charge is 0.109 e. The van der Waals surface area contributed by atoms with Gasteiger partial charge in [0.2, 0.25) is 0 Å². The van der Waals surface area contributed by atoms with Crippen molar-refractivity contribution in [3.63, 3.8) is 0 Å². The SMILES string of the molecule is CC(C)C(CCN)CCc1nc2ccc(Cl)cc2n1C. The number of aryl methyl sites for hydroxylation is 2. The van der Waals surface area contributed by atoms with E-state index in [2.05, 4.69) is 25.5 Å². The van der Waals surface area contributed by atoms with Crippen LogP contribution in [0.4, 0.5) is 0 Å². The summed E-state index contributed by atoms with van der Waals surface area (Å²) in [4.78, 5) is 4.72. The van der Waals surface area contributed by atoms with E-state index in [0.29, 0.717) is 11.8 Å². The van der Waals surface area contributed by atoms with Gasteiger partial charge >= 0.3 is 0 Å². The Morgan fingerprint density at radius 2 is 2.05 bits per heavy atom. The second-order valence-electron chi connectivity index (χ2n) is 5.84. The zero-order valence-corrected chi connectivity index (χ0v) is 13.3. The lowest BCUT2D eigenvalue weighted by atomic mass is 9.88. The average molecular weight is 294 g/mol. The lowest BCUT2D eigenvalue weighted by molar-refractivity contribution is 0.338. The highest BCUT2D eigenvalue weighted by Crippen LogP contribution is 2.24. The predicted molar refractivity (Wildman–Crippen MR) is 86.0 cm³/mol. The molecule has 1 heterocycles. The molecule has 0 fully saturated rings. The number of fused-ring (bicyclic) bond motifs is 1. The first-order valence-electron chi connectivity index (χ1n) is 7.33. The van der Waals surface area contributed by atoms with Crippen molar-refractivity contribution in [3.05, 3.63) is 29.0 Å². The molecule has 3 nitrogen and oxygen atoms in total. The number of rotatable bonds is 6. The maximum Gasteiger partial charge on any atom is 0.109 e. The third-order valence-corrected chi connectivity index (χ3v) is 4.39. The summed E-state index contributed by atoms with van der Waals surface area (Å²) >= 11 is 6.06. The summed E-state index contributed by atoms with van der Waals surface area (Å²) in [5, 5.41) is 0.759. The molecule has 1 atom stereocenters. The summed E-state index contributed by atoms with van der Waals surface area (Å²) in [6.45, 7) is 5.31. The van der Waals surface area contributed by atoms with Crippen molar-refractivity contribution in [3.8, 4) is 0 Å². The molecule has 0 saturated carbocycles. The highest BCUT2D eigenvalue weighted by molar-refractivity contribution is 6.31. The van der Waals surface area contributed by atoms with E-state index in [1.165, 1.54) is 0 Å². The molecular weight excluding hydrogens is 270 g/mol. The van der Waals surface area contributed by atoms with Gasteiger partial charge < -0.3 is 10.3 Å². The molecule has 1 aromatic heterocycles. The number of nitrogens with two attached hydrogens (primary N) is 1. The van der Waals surface area contributed by atoms with E-state index in [-0.39, 0.29) is 0 Å². The number of hydrogen-bond donors (Lipinski definition) is 1. The van der Waals surface area contributed by atoms with Crippen LogP contribution in [0.5, 0.6) is 0 Å². The van der Waals surface area contributed by atoms with Crippen molar-refractivity contribution in [2.75, 3.05) is 6.54 Å². The molecule has 0 aliphatic rings. The fourth-order valence-electron chi connectivity index (χ4n) is 2.78. The number of halogens is 1. The standard InChI is InChI=1S/C16H24ClN3/c1-11(2)12(8-9-18)4-7-16-19-14-6-5-13(17)10-15(14)20(16)3/h5-6,10-12H,4,7-9,18H2,1-3H3. The van der Waals surface area contributed by atoms with Crippen LogP contribution in [-0.4, -0.2) is 16.1 Å². The number of imidazole rings is 1. The Bertz CT molecular complexity index is 574. The maximum atomic E-state index is 6.06. The second kappa shape index (κ2) is 6.59. The van der Waals surface area contributed by atoms with E-state index in [1.54, 1.807) is 0 Å². The first-order valence-corrected chi connectivity index (χ1v) is 7.71. The average Bonchev–Trinajstić information content (AvgIpc) is 2.71. The summed E-state index contributed by atoms with van der Waals surface area (Å²) in [7, 11) is 2.06. The van der Waals surface area contributed by atoms with Crippen LogP contribution in [0.15, 0.2) is 18.2 Å². The van der Waals surface area contributed by atoms with Gasteiger partial charge in [-0.1, -0.05) is 25.4 Å². The zero-order chi connectivity index (χ0) is 14.7. The fourth-order valence-corrected chi connectivity index (χ4v) is 2.94. The summed E-state index contributed by atoms with van der Waals surface area (Å²) < 4.78 is 2.15. The van der Waals surface area contributed by atoms with E-state index >= 15 is 0 Å². The van der Waals surface area contributed by atoms with Crippen LogP contribution in [0.1, 0.15) is 32.5 Å². The minimum atomic E-state index is 0.669. The molecule has 20 heavy (non-hydrogen) atoms. The third kappa shape index (κ3) is 3.33. The van der Waals surface area contributed by atoms with Gasteiger partial charge in [-0.15, -0.1) is 0 Å². The summed E-state index contributed by atoms with van der Waals surface area (Å²) in [6.07, 6.45) is 3.22. The highest BCUT2D eigenvalue weighted by Gasteiger charge is 2.15. The Balaban J connectivity index is 2.15. The van der Waals surface area contributed by atoms with Crippen LogP contribution in [0.3, 0.4) is 0 Å². The lowest BCUT2D eigenvalue weighted by Crippen LogP contribution is -2.16. The van der Waals surface area contributed by atoms with Crippen molar-refractivity contribution < 1.29 is 0 Å². The molecule has 0 radical (unpaired) electrons. The molecule has 1 unspecified atom stereocenters. The van der Waals surface area contributed by atoms with Gasteiger partial charge in [0.05, 0.1) is 11.0 Å². The molecule has 110 valence electrons. The van der Waals surface area contributed by atoms with Crippen molar-refractivity contribution >= 4 is 22.6 Å². The minimum absolute atomic E-state index is 0.669. The van der Waals surface area contributed by atoms with E-state index in [9.17, 15) is 0 Å². The Morgan fingerprint density at radius 1 is 1.30 bits per heavy atom. The zero-order valence-electron chi connectivity index (χ0n) is 12.6. The summed E-state index contributed by atoms with van der Waals surface area (Å²) in [5.41, 5.74) is 7.83.